The number of nitrogens with zero attached hydrogens (tertiary/aromatic N) is 1. The standard InChI is InChI=1S/C17H21N3O5S/c1-12(16-3-2-8-25-16)19-17(21)14-11-13(26(18,22)23)4-5-15(14)20-6-9-24-10-7-20/h2-5,8,11-12H,6-7,9-10H2,1H3,(H,19,21)(H2,18,22,23). The molecule has 26 heavy (non-hydrogen) atoms. The van der Waals surface area contributed by atoms with Crippen molar-refractivity contribution >= 4 is 21.6 Å². The molecule has 1 amide bonds. The largest absolute Gasteiger partial charge is 0.467 e. The average molecular weight is 379 g/mol. The van der Waals surface area contributed by atoms with Crippen LogP contribution in [0.3, 0.4) is 0 Å². The minimum atomic E-state index is -3.92. The predicted octanol–water partition coefficient (Wildman–Crippen LogP) is 1.25. The number of furan rings is 1. The minimum absolute atomic E-state index is 0.106. The van der Waals surface area contributed by atoms with E-state index >= 15 is 0 Å². The third-order valence-electron chi connectivity index (χ3n) is 4.21. The highest BCUT2D eigenvalue weighted by atomic mass is 32.2. The van der Waals surface area contributed by atoms with Gasteiger partial charge in [0.05, 0.1) is 36.0 Å². The number of hydrogen-bond donors (Lipinski definition) is 2. The molecule has 0 aliphatic carbocycles. The lowest BCUT2D eigenvalue weighted by atomic mass is 10.1. The highest BCUT2D eigenvalue weighted by Gasteiger charge is 2.23. The second kappa shape index (κ2) is 7.48. The molecule has 2 heterocycles. The summed E-state index contributed by atoms with van der Waals surface area (Å²) in [7, 11) is -3.92. The molecule has 1 aromatic heterocycles. The van der Waals surface area contributed by atoms with Crippen LogP contribution in [0.5, 0.6) is 0 Å². The second-order valence-corrected chi connectivity index (χ2v) is 7.60. The number of carbonyl (C=O) groups is 1. The molecule has 1 atom stereocenters. The Hall–Kier alpha value is -2.36. The van der Waals surface area contributed by atoms with E-state index in [1.54, 1.807) is 25.1 Å². The van der Waals surface area contributed by atoms with Gasteiger partial charge in [0, 0.05) is 18.8 Å². The third-order valence-corrected chi connectivity index (χ3v) is 5.12. The van der Waals surface area contributed by atoms with Crippen molar-refractivity contribution in [1.82, 2.24) is 5.32 Å². The van der Waals surface area contributed by atoms with E-state index in [1.807, 2.05) is 4.90 Å². The predicted molar refractivity (Wildman–Crippen MR) is 95.4 cm³/mol. The molecule has 3 rings (SSSR count). The van der Waals surface area contributed by atoms with E-state index in [-0.39, 0.29) is 16.5 Å². The number of morpholine rings is 1. The van der Waals surface area contributed by atoms with Gasteiger partial charge in [0.15, 0.2) is 0 Å². The van der Waals surface area contributed by atoms with Crippen molar-refractivity contribution in [2.45, 2.75) is 17.9 Å². The molecule has 1 aromatic carbocycles. The fourth-order valence-electron chi connectivity index (χ4n) is 2.84. The first-order valence-corrected chi connectivity index (χ1v) is 9.74. The average Bonchev–Trinajstić information content (AvgIpc) is 3.16. The van der Waals surface area contributed by atoms with Crippen LogP contribution >= 0.6 is 0 Å². The molecule has 2 aromatic rings. The first-order chi connectivity index (χ1) is 12.4. The number of rotatable bonds is 5. The summed E-state index contributed by atoms with van der Waals surface area (Å²) >= 11 is 0. The molecule has 1 fully saturated rings. The maximum Gasteiger partial charge on any atom is 0.254 e. The molecule has 1 aliphatic rings. The fourth-order valence-corrected chi connectivity index (χ4v) is 3.38. The van der Waals surface area contributed by atoms with Crippen LogP contribution in [0, 0.1) is 0 Å². The Labute approximate surface area is 152 Å². The SMILES string of the molecule is CC(NC(=O)c1cc(S(N)(=O)=O)ccc1N1CCOCC1)c1ccco1. The van der Waals surface area contributed by atoms with Gasteiger partial charge in [-0.05, 0) is 37.3 Å². The van der Waals surface area contributed by atoms with Gasteiger partial charge < -0.3 is 19.4 Å². The van der Waals surface area contributed by atoms with Gasteiger partial charge in [-0.3, -0.25) is 4.79 Å². The molecule has 0 saturated carbocycles. The maximum absolute atomic E-state index is 12.8. The summed E-state index contributed by atoms with van der Waals surface area (Å²) in [5.74, 6) is 0.203. The van der Waals surface area contributed by atoms with Crippen LogP contribution in [0.15, 0.2) is 45.9 Å². The van der Waals surface area contributed by atoms with Gasteiger partial charge in [0.2, 0.25) is 10.0 Å². The lowest BCUT2D eigenvalue weighted by Gasteiger charge is -2.30. The van der Waals surface area contributed by atoms with Gasteiger partial charge in [0.25, 0.3) is 5.91 Å². The quantitative estimate of drug-likeness (QED) is 0.808. The maximum atomic E-state index is 12.8. The zero-order valence-electron chi connectivity index (χ0n) is 14.3. The Morgan fingerprint density at radius 3 is 2.62 bits per heavy atom. The Balaban J connectivity index is 1.94. The van der Waals surface area contributed by atoms with Crippen LogP contribution in [-0.2, 0) is 14.8 Å². The number of amides is 1. The molecule has 1 saturated heterocycles. The van der Waals surface area contributed by atoms with Crippen LogP contribution in [0.1, 0.15) is 29.1 Å². The normalized spacial score (nSPS) is 16.3. The van der Waals surface area contributed by atoms with Crippen molar-refractivity contribution in [3.05, 3.63) is 47.9 Å². The van der Waals surface area contributed by atoms with Crippen LogP contribution in [0.25, 0.3) is 0 Å². The van der Waals surface area contributed by atoms with E-state index in [1.165, 1.54) is 18.4 Å². The number of benzene rings is 1. The van der Waals surface area contributed by atoms with Gasteiger partial charge in [-0.25, -0.2) is 13.6 Å². The molecule has 9 heteroatoms. The first-order valence-electron chi connectivity index (χ1n) is 8.20. The van der Waals surface area contributed by atoms with Gasteiger partial charge >= 0.3 is 0 Å². The number of anilines is 1. The van der Waals surface area contributed by atoms with E-state index in [4.69, 9.17) is 14.3 Å². The van der Waals surface area contributed by atoms with Crippen LogP contribution < -0.4 is 15.4 Å². The molecule has 1 unspecified atom stereocenters. The Morgan fingerprint density at radius 1 is 1.27 bits per heavy atom. The van der Waals surface area contributed by atoms with Crippen LogP contribution in [0.4, 0.5) is 5.69 Å². The molecule has 140 valence electrons. The van der Waals surface area contributed by atoms with Crippen LogP contribution in [-0.4, -0.2) is 40.6 Å². The van der Waals surface area contributed by atoms with E-state index < -0.39 is 15.9 Å². The van der Waals surface area contributed by atoms with Crippen molar-refractivity contribution in [1.29, 1.82) is 0 Å². The number of sulfonamides is 1. The van der Waals surface area contributed by atoms with Crippen LogP contribution in [0.2, 0.25) is 0 Å². The van der Waals surface area contributed by atoms with Gasteiger partial charge in [-0.1, -0.05) is 0 Å². The van der Waals surface area contributed by atoms with Gasteiger partial charge in [-0.15, -0.1) is 0 Å². The van der Waals surface area contributed by atoms with E-state index in [9.17, 15) is 13.2 Å². The Morgan fingerprint density at radius 2 is 2.00 bits per heavy atom. The molecular weight excluding hydrogens is 358 g/mol. The number of nitrogens with one attached hydrogen (secondary N) is 1. The topological polar surface area (TPSA) is 115 Å². The highest BCUT2D eigenvalue weighted by molar-refractivity contribution is 7.89. The van der Waals surface area contributed by atoms with Gasteiger partial charge in [-0.2, -0.15) is 0 Å². The second-order valence-electron chi connectivity index (χ2n) is 6.03. The summed E-state index contributed by atoms with van der Waals surface area (Å²) in [6.45, 7) is 4.10. The van der Waals surface area contributed by atoms with Crippen molar-refractivity contribution in [3.8, 4) is 0 Å². The van der Waals surface area contributed by atoms with Crippen molar-refractivity contribution in [2.75, 3.05) is 31.2 Å². The molecule has 8 nitrogen and oxygen atoms in total. The molecular formula is C17H21N3O5S. The zero-order valence-corrected chi connectivity index (χ0v) is 15.2. The van der Waals surface area contributed by atoms with Crippen molar-refractivity contribution < 1.29 is 22.4 Å². The summed E-state index contributed by atoms with van der Waals surface area (Å²) < 4.78 is 34.0. The minimum Gasteiger partial charge on any atom is -0.467 e. The monoisotopic (exact) mass is 379 g/mol. The molecule has 3 N–H and O–H groups in total. The van der Waals surface area contributed by atoms with Crippen molar-refractivity contribution in [2.24, 2.45) is 5.14 Å². The summed E-state index contributed by atoms with van der Waals surface area (Å²) in [6, 6.07) is 7.45. The summed E-state index contributed by atoms with van der Waals surface area (Å²) in [5.41, 5.74) is 0.890. The molecule has 0 bridgehead atoms. The lowest BCUT2D eigenvalue weighted by molar-refractivity contribution is 0.0933. The Bertz CT molecular complexity index is 874. The summed E-state index contributed by atoms with van der Waals surface area (Å²) in [4.78, 5) is 14.7. The number of nitrogens with two attached hydrogens (primary N) is 1. The molecule has 0 radical (unpaired) electrons. The van der Waals surface area contributed by atoms with E-state index in [0.29, 0.717) is 37.8 Å². The van der Waals surface area contributed by atoms with Gasteiger partial charge in [0.1, 0.15) is 5.76 Å². The third kappa shape index (κ3) is 4.06. The van der Waals surface area contributed by atoms with E-state index in [2.05, 4.69) is 5.32 Å². The molecule has 1 aliphatic heterocycles. The lowest BCUT2D eigenvalue weighted by Crippen LogP contribution is -2.38. The summed E-state index contributed by atoms with van der Waals surface area (Å²) in [5, 5.41) is 8.06. The molecule has 0 spiro atoms. The smallest absolute Gasteiger partial charge is 0.254 e. The number of hydrogen-bond acceptors (Lipinski definition) is 6. The number of ether oxygens (including phenoxy) is 1. The fraction of sp³-hybridized carbons (Fsp3) is 0.353. The highest BCUT2D eigenvalue weighted by Crippen LogP contribution is 2.26. The number of carbonyl (C=O) groups excluding carboxylic acids is 1. The Kier molecular flexibility index (Phi) is 5.30. The first kappa shape index (κ1) is 18.4. The number of primary sulfonamides is 1. The zero-order chi connectivity index (χ0) is 18.7. The van der Waals surface area contributed by atoms with E-state index in [0.717, 1.165) is 0 Å². The summed E-state index contributed by atoms with van der Waals surface area (Å²) in [6.07, 6.45) is 1.53. The van der Waals surface area contributed by atoms with Crippen molar-refractivity contribution in [3.63, 3.8) is 0 Å².